The number of hydrogen-bond donors (Lipinski definition) is 1. The van der Waals surface area contributed by atoms with Gasteiger partial charge < -0.3 is 9.88 Å². The van der Waals surface area contributed by atoms with Crippen LogP contribution in [0.25, 0.3) is 5.65 Å². The molecule has 0 bridgehead atoms. The SMILES string of the molecule is CC(NCc1cncn1C)c1nnc2ccccn12. The van der Waals surface area contributed by atoms with Crippen molar-refractivity contribution >= 4 is 5.65 Å². The Morgan fingerprint density at radius 3 is 3.00 bits per heavy atom. The van der Waals surface area contributed by atoms with Crippen molar-refractivity contribution in [3.63, 3.8) is 0 Å². The molecule has 0 spiro atoms. The third kappa shape index (κ3) is 2.22. The van der Waals surface area contributed by atoms with E-state index in [1.54, 1.807) is 6.33 Å². The Kier molecular flexibility index (Phi) is 3.00. The molecule has 6 heteroatoms. The van der Waals surface area contributed by atoms with Crippen LogP contribution < -0.4 is 5.32 Å². The van der Waals surface area contributed by atoms with Crippen LogP contribution in [0, 0.1) is 0 Å². The van der Waals surface area contributed by atoms with Crippen molar-refractivity contribution < 1.29 is 0 Å². The topological polar surface area (TPSA) is 60.0 Å². The zero-order valence-corrected chi connectivity index (χ0v) is 11.0. The van der Waals surface area contributed by atoms with E-state index in [-0.39, 0.29) is 6.04 Å². The molecule has 98 valence electrons. The van der Waals surface area contributed by atoms with Crippen molar-refractivity contribution in [3.05, 3.63) is 48.4 Å². The number of pyridine rings is 1. The van der Waals surface area contributed by atoms with Gasteiger partial charge in [0, 0.05) is 26.0 Å². The van der Waals surface area contributed by atoms with Crippen molar-refractivity contribution in [3.8, 4) is 0 Å². The molecule has 1 N–H and O–H groups in total. The zero-order valence-electron chi connectivity index (χ0n) is 11.0. The number of fused-ring (bicyclic) bond motifs is 1. The van der Waals surface area contributed by atoms with Crippen LogP contribution in [0.2, 0.25) is 0 Å². The van der Waals surface area contributed by atoms with Gasteiger partial charge in [-0.15, -0.1) is 10.2 Å². The third-order valence-corrected chi connectivity index (χ3v) is 3.23. The first-order valence-corrected chi connectivity index (χ1v) is 6.24. The number of nitrogens with zero attached hydrogens (tertiary/aromatic N) is 5. The summed E-state index contributed by atoms with van der Waals surface area (Å²) in [6.45, 7) is 2.83. The van der Waals surface area contributed by atoms with E-state index in [1.165, 1.54) is 0 Å². The Morgan fingerprint density at radius 2 is 2.21 bits per heavy atom. The Balaban J connectivity index is 1.77. The largest absolute Gasteiger partial charge is 0.337 e. The number of aromatic nitrogens is 5. The van der Waals surface area contributed by atoms with Crippen LogP contribution in [0.1, 0.15) is 24.5 Å². The van der Waals surface area contributed by atoms with Gasteiger partial charge in [0.1, 0.15) is 0 Å². The number of aryl methyl sites for hydroxylation is 1. The van der Waals surface area contributed by atoms with Crippen LogP contribution in [-0.2, 0) is 13.6 Å². The van der Waals surface area contributed by atoms with Gasteiger partial charge in [0.2, 0.25) is 0 Å². The average Bonchev–Trinajstić information content (AvgIpc) is 3.02. The van der Waals surface area contributed by atoms with E-state index in [0.717, 1.165) is 23.7 Å². The molecular formula is C13H16N6. The Labute approximate surface area is 111 Å². The van der Waals surface area contributed by atoms with Crippen molar-refractivity contribution in [2.24, 2.45) is 7.05 Å². The van der Waals surface area contributed by atoms with Gasteiger partial charge in [-0.1, -0.05) is 6.07 Å². The standard InChI is InChI=1S/C13H16N6/c1-10(15-8-11-7-14-9-18(11)2)13-17-16-12-5-3-4-6-19(12)13/h3-7,9-10,15H,8H2,1-2H3. The monoisotopic (exact) mass is 256 g/mol. The van der Waals surface area contributed by atoms with E-state index in [2.05, 4.69) is 27.4 Å². The summed E-state index contributed by atoms with van der Waals surface area (Å²) < 4.78 is 4.00. The first-order valence-electron chi connectivity index (χ1n) is 6.24. The van der Waals surface area contributed by atoms with Gasteiger partial charge in [0.15, 0.2) is 11.5 Å². The molecule has 0 aliphatic heterocycles. The molecular weight excluding hydrogens is 240 g/mol. The molecule has 0 saturated heterocycles. The van der Waals surface area contributed by atoms with Gasteiger partial charge in [-0.05, 0) is 19.1 Å². The second-order valence-electron chi connectivity index (χ2n) is 4.59. The van der Waals surface area contributed by atoms with E-state index in [1.807, 2.05) is 46.6 Å². The molecule has 0 amide bonds. The molecule has 0 fully saturated rings. The summed E-state index contributed by atoms with van der Waals surface area (Å²) in [4.78, 5) is 4.10. The fraction of sp³-hybridized carbons (Fsp3) is 0.308. The van der Waals surface area contributed by atoms with Gasteiger partial charge in [0.25, 0.3) is 0 Å². The summed E-state index contributed by atoms with van der Waals surface area (Å²) in [6, 6.07) is 6.01. The van der Waals surface area contributed by atoms with Gasteiger partial charge >= 0.3 is 0 Å². The zero-order chi connectivity index (χ0) is 13.2. The van der Waals surface area contributed by atoms with E-state index >= 15 is 0 Å². The number of nitrogens with one attached hydrogen (secondary N) is 1. The molecule has 3 aromatic rings. The van der Waals surface area contributed by atoms with Crippen LogP contribution in [-0.4, -0.2) is 24.1 Å². The highest BCUT2D eigenvalue weighted by Gasteiger charge is 2.12. The smallest absolute Gasteiger partial charge is 0.160 e. The minimum absolute atomic E-state index is 0.118. The number of imidazole rings is 1. The lowest BCUT2D eigenvalue weighted by Gasteiger charge is -2.12. The van der Waals surface area contributed by atoms with E-state index in [9.17, 15) is 0 Å². The van der Waals surface area contributed by atoms with Crippen molar-refractivity contribution in [1.29, 1.82) is 0 Å². The summed E-state index contributed by atoms with van der Waals surface area (Å²) in [5, 5.41) is 11.8. The normalized spacial score (nSPS) is 12.9. The fourth-order valence-corrected chi connectivity index (χ4v) is 2.06. The summed E-state index contributed by atoms with van der Waals surface area (Å²) in [6.07, 6.45) is 5.64. The lowest BCUT2D eigenvalue weighted by atomic mass is 10.3. The molecule has 0 saturated carbocycles. The minimum Gasteiger partial charge on any atom is -0.337 e. The highest BCUT2D eigenvalue weighted by atomic mass is 15.3. The maximum Gasteiger partial charge on any atom is 0.160 e. The first kappa shape index (κ1) is 11.9. The minimum atomic E-state index is 0.118. The number of hydrogen-bond acceptors (Lipinski definition) is 4. The van der Waals surface area contributed by atoms with Crippen LogP contribution >= 0.6 is 0 Å². The Bertz CT molecular complexity index is 683. The quantitative estimate of drug-likeness (QED) is 0.764. The van der Waals surface area contributed by atoms with E-state index in [0.29, 0.717) is 0 Å². The van der Waals surface area contributed by atoms with Crippen LogP contribution in [0.4, 0.5) is 0 Å². The molecule has 1 unspecified atom stereocenters. The molecule has 3 aromatic heterocycles. The maximum absolute atomic E-state index is 4.25. The van der Waals surface area contributed by atoms with Crippen LogP contribution in [0.5, 0.6) is 0 Å². The molecule has 0 aliphatic rings. The van der Waals surface area contributed by atoms with Crippen LogP contribution in [0.15, 0.2) is 36.9 Å². The molecule has 1 atom stereocenters. The average molecular weight is 256 g/mol. The van der Waals surface area contributed by atoms with E-state index < -0.39 is 0 Å². The maximum atomic E-state index is 4.25. The first-order chi connectivity index (χ1) is 9.25. The highest BCUT2D eigenvalue weighted by Crippen LogP contribution is 2.12. The Hall–Kier alpha value is -2.21. The second-order valence-corrected chi connectivity index (χ2v) is 4.59. The molecule has 19 heavy (non-hydrogen) atoms. The highest BCUT2D eigenvalue weighted by molar-refractivity contribution is 5.37. The summed E-state index contributed by atoms with van der Waals surface area (Å²) >= 11 is 0. The van der Waals surface area contributed by atoms with E-state index in [4.69, 9.17) is 0 Å². The number of rotatable bonds is 4. The Morgan fingerprint density at radius 1 is 1.32 bits per heavy atom. The predicted molar refractivity (Wildman–Crippen MR) is 71.4 cm³/mol. The summed E-state index contributed by atoms with van der Waals surface area (Å²) in [5.41, 5.74) is 2.01. The van der Waals surface area contributed by atoms with Gasteiger partial charge in [0.05, 0.1) is 18.1 Å². The summed E-state index contributed by atoms with van der Waals surface area (Å²) in [7, 11) is 1.99. The predicted octanol–water partition coefficient (Wildman–Crippen LogP) is 1.31. The molecule has 0 aromatic carbocycles. The lowest BCUT2D eigenvalue weighted by Crippen LogP contribution is -2.21. The van der Waals surface area contributed by atoms with Gasteiger partial charge in [-0.25, -0.2) is 4.98 Å². The van der Waals surface area contributed by atoms with Gasteiger partial charge in [-0.2, -0.15) is 0 Å². The van der Waals surface area contributed by atoms with Crippen molar-refractivity contribution in [2.75, 3.05) is 0 Å². The molecule has 6 nitrogen and oxygen atoms in total. The fourth-order valence-electron chi connectivity index (χ4n) is 2.06. The summed E-state index contributed by atoms with van der Waals surface area (Å²) in [5.74, 6) is 0.915. The third-order valence-electron chi connectivity index (χ3n) is 3.23. The van der Waals surface area contributed by atoms with Crippen LogP contribution in [0.3, 0.4) is 0 Å². The molecule has 3 heterocycles. The van der Waals surface area contributed by atoms with Crippen molar-refractivity contribution in [2.45, 2.75) is 19.5 Å². The molecule has 0 aliphatic carbocycles. The molecule has 3 rings (SSSR count). The van der Waals surface area contributed by atoms with Gasteiger partial charge in [-0.3, -0.25) is 4.40 Å². The second kappa shape index (κ2) is 4.81. The molecule has 0 radical (unpaired) electrons. The lowest BCUT2D eigenvalue weighted by molar-refractivity contribution is 0.529. The van der Waals surface area contributed by atoms with Crippen molar-refractivity contribution in [1.82, 2.24) is 29.5 Å².